The molecule has 2 aromatic carbocycles. The van der Waals surface area contributed by atoms with Crippen LogP contribution in [0.4, 0.5) is 5.82 Å². The molecule has 4 aromatic rings. The Kier molecular flexibility index (Phi) is 7.89. The van der Waals surface area contributed by atoms with Crippen molar-refractivity contribution >= 4 is 52.3 Å². The summed E-state index contributed by atoms with van der Waals surface area (Å²) in [4.78, 5) is 8.87. The van der Waals surface area contributed by atoms with Gasteiger partial charge in [0.1, 0.15) is 5.82 Å². The van der Waals surface area contributed by atoms with Crippen LogP contribution in [-0.4, -0.2) is 46.6 Å². The van der Waals surface area contributed by atoms with Crippen molar-refractivity contribution in [2.45, 2.75) is 13.3 Å². The van der Waals surface area contributed by atoms with Crippen LogP contribution in [0.25, 0.3) is 21.7 Å². The van der Waals surface area contributed by atoms with E-state index < -0.39 is 0 Å². The molecule has 4 rings (SSSR count). The zero-order chi connectivity index (χ0) is 22.3. The van der Waals surface area contributed by atoms with Gasteiger partial charge in [-0.3, -0.25) is 0 Å². The normalized spacial score (nSPS) is 10.4. The van der Waals surface area contributed by atoms with E-state index in [2.05, 4.69) is 15.3 Å². The Bertz CT molecular complexity index is 1330. The molecule has 4 N–H and O–H groups in total. The molecular weight excluding hydrogens is 469 g/mol. The molecule has 2 heterocycles. The number of nitrogens with zero attached hydrogens (tertiary/aromatic N) is 2. The van der Waals surface area contributed by atoms with Crippen molar-refractivity contribution in [1.29, 1.82) is 0 Å². The van der Waals surface area contributed by atoms with E-state index in [1.807, 2.05) is 25.1 Å². The molecule has 0 saturated carbocycles. The Balaban J connectivity index is 0.00000193. The van der Waals surface area contributed by atoms with Gasteiger partial charge in [-0.05, 0) is 42.1 Å². The van der Waals surface area contributed by atoms with E-state index in [0.717, 1.165) is 16.3 Å². The molecule has 0 aliphatic carbocycles. The molecule has 0 fully saturated rings. The first kappa shape index (κ1) is 25.9. The first-order valence-corrected chi connectivity index (χ1v) is 9.63. The molecule has 176 valence electrons. The van der Waals surface area contributed by atoms with Gasteiger partial charge < -0.3 is 30.1 Å². The van der Waals surface area contributed by atoms with Crippen LogP contribution in [0.3, 0.4) is 0 Å². The van der Waals surface area contributed by atoms with Crippen molar-refractivity contribution < 1.29 is 24.8 Å². The lowest BCUT2D eigenvalue weighted by Gasteiger charge is -2.16. The van der Waals surface area contributed by atoms with Crippen molar-refractivity contribution in [2.24, 2.45) is 0 Å². The Labute approximate surface area is 203 Å². The molecule has 0 unspecified atom stereocenters. The highest BCUT2D eigenvalue weighted by Gasteiger charge is 2.18. The molecule has 0 aliphatic rings. The minimum absolute atomic E-state index is 0. The highest BCUT2D eigenvalue weighted by Crippen LogP contribution is 2.39. The lowest BCUT2D eigenvalue weighted by molar-refractivity contribution is 0.355. The number of anilines is 1. The average Bonchev–Trinajstić information content (AvgIpc) is 2.76. The summed E-state index contributed by atoms with van der Waals surface area (Å²) >= 11 is 0. The van der Waals surface area contributed by atoms with E-state index in [0.29, 0.717) is 45.9 Å². The van der Waals surface area contributed by atoms with E-state index in [4.69, 9.17) is 9.47 Å². The second kappa shape index (κ2) is 10.1. The standard InChI is InChI=1S/C23H23N3O5.2ClH/c1-11-14-8-20(30-3)21(31-4)9-15(14)16(23(29)25-11)6-13-5-12-7-18(27)19(28)10-17(12)26-22(13)24-2;;/h5,7-10,27-28H,6H2,1-4H3,(H,24,26)(H,25,29);2*1H. The number of ether oxygens (including phenoxy) is 2. The molecule has 2 aromatic heterocycles. The fraction of sp³-hybridized carbons (Fsp3) is 0.217. The number of aromatic nitrogens is 2. The van der Waals surface area contributed by atoms with Crippen molar-refractivity contribution in [3.05, 3.63) is 47.2 Å². The smallest absolute Gasteiger partial charge is 0.215 e. The fourth-order valence-electron chi connectivity index (χ4n) is 3.79. The molecule has 0 radical (unpaired) electrons. The molecule has 33 heavy (non-hydrogen) atoms. The van der Waals surface area contributed by atoms with Gasteiger partial charge in [0.2, 0.25) is 5.88 Å². The van der Waals surface area contributed by atoms with Crippen LogP contribution >= 0.6 is 24.8 Å². The largest absolute Gasteiger partial charge is 0.504 e. The second-order valence-corrected chi connectivity index (χ2v) is 7.21. The van der Waals surface area contributed by atoms with E-state index in [-0.39, 0.29) is 42.2 Å². The van der Waals surface area contributed by atoms with Crippen molar-refractivity contribution in [1.82, 2.24) is 9.97 Å². The number of hydrogen-bond acceptors (Lipinski definition) is 8. The maximum atomic E-state index is 10.7. The summed E-state index contributed by atoms with van der Waals surface area (Å²) in [6, 6.07) is 8.40. The van der Waals surface area contributed by atoms with Gasteiger partial charge in [-0.15, -0.1) is 24.8 Å². The maximum absolute atomic E-state index is 10.7. The number of benzene rings is 2. The number of hydrogen-bond donors (Lipinski definition) is 4. The lowest BCUT2D eigenvalue weighted by Crippen LogP contribution is -2.03. The zero-order valence-corrected chi connectivity index (χ0v) is 20.1. The van der Waals surface area contributed by atoms with Crippen molar-refractivity contribution in [2.75, 3.05) is 26.6 Å². The number of pyridine rings is 2. The van der Waals surface area contributed by atoms with Gasteiger partial charge in [-0.1, -0.05) is 0 Å². The van der Waals surface area contributed by atoms with E-state index in [1.54, 1.807) is 21.3 Å². The summed E-state index contributed by atoms with van der Waals surface area (Å²) in [6.45, 7) is 1.82. The van der Waals surface area contributed by atoms with Crippen LogP contribution < -0.4 is 14.8 Å². The minimum Gasteiger partial charge on any atom is -0.504 e. The number of methoxy groups -OCH3 is 2. The number of phenolic OH excluding ortho intramolecular Hbond substituents is 2. The number of aryl methyl sites for hydroxylation is 1. The van der Waals surface area contributed by atoms with Gasteiger partial charge in [0.15, 0.2) is 23.0 Å². The van der Waals surface area contributed by atoms with E-state index in [1.165, 1.54) is 12.1 Å². The molecular formula is C23H25Cl2N3O5. The summed E-state index contributed by atoms with van der Waals surface area (Å²) in [5.41, 5.74) is 2.60. The Morgan fingerprint density at radius 3 is 2.06 bits per heavy atom. The number of phenols is 2. The van der Waals surface area contributed by atoms with Gasteiger partial charge in [0.25, 0.3) is 0 Å². The zero-order valence-electron chi connectivity index (χ0n) is 18.5. The summed E-state index contributed by atoms with van der Waals surface area (Å²) < 4.78 is 10.9. The van der Waals surface area contributed by atoms with Crippen molar-refractivity contribution in [3.63, 3.8) is 0 Å². The molecule has 0 aliphatic heterocycles. The number of halogens is 2. The first-order chi connectivity index (χ1) is 14.9. The van der Waals surface area contributed by atoms with Crippen LogP contribution in [0.15, 0.2) is 30.3 Å². The molecule has 8 nitrogen and oxygen atoms in total. The second-order valence-electron chi connectivity index (χ2n) is 7.21. The van der Waals surface area contributed by atoms with Crippen molar-refractivity contribution in [3.8, 4) is 28.9 Å². The van der Waals surface area contributed by atoms with E-state index >= 15 is 0 Å². The summed E-state index contributed by atoms with van der Waals surface area (Å²) in [6.07, 6.45) is 0.325. The molecule has 0 atom stereocenters. The number of nitrogens with one attached hydrogen (secondary N) is 1. The summed E-state index contributed by atoms with van der Waals surface area (Å²) in [7, 11) is 4.88. The van der Waals surface area contributed by atoms with E-state index in [9.17, 15) is 15.3 Å². The monoisotopic (exact) mass is 493 g/mol. The first-order valence-electron chi connectivity index (χ1n) is 9.63. The Morgan fingerprint density at radius 2 is 1.45 bits per heavy atom. The van der Waals surface area contributed by atoms with Gasteiger partial charge >= 0.3 is 0 Å². The quantitative estimate of drug-likeness (QED) is 0.295. The lowest BCUT2D eigenvalue weighted by atomic mass is 9.97. The highest BCUT2D eigenvalue weighted by atomic mass is 35.5. The number of fused-ring (bicyclic) bond motifs is 2. The SMILES string of the molecule is CNc1nc2cc(O)c(O)cc2cc1Cc1c(O)nc(C)c2cc(OC)c(OC)cc12.Cl.Cl. The fourth-order valence-corrected chi connectivity index (χ4v) is 3.79. The van der Waals surface area contributed by atoms with Crippen LogP contribution in [0.5, 0.6) is 28.9 Å². The Morgan fingerprint density at radius 1 is 0.848 bits per heavy atom. The average molecular weight is 494 g/mol. The molecule has 0 saturated heterocycles. The number of rotatable bonds is 5. The predicted octanol–water partition coefficient (Wildman–Crippen LogP) is 4.70. The van der Waals surface area contributed by atoms with Crippen LogP contribution in [0.2, 0.25) is 0 Å². The molecule has 10 heteroatoms. The highest BCUT2D eigenvalue weighted by molar-refractivity contribution is 5.92. The summed E-state index contributed by atoms with van der Waals surface area (Å²) in [5.74, 6) is 1.18. The van der Waals surface area contributed by atoms with Crippen LogP contribution in [0.1, 0.15) is 16.8 Å². The maximum Gasteiger partial charge on any atom is 0.215 e. The van der Waals surface area contributed by atoms with Gasteiger partial charge in [0.05, 0.1) is 19.7 Å². The van der Waals surface area contributed by atoms with Gasteiger partial charge in [-0.25, -0.2) is 9.97 Å². The third-order valence-electron chi connectivity index (χ3n) is 5.38. The molecule has 0 spiro atoms. The number of aromatic hydroxyl groups is 3. The molecule has 0 amide bonds. The van der Waals surface area contributed by atoms with Crippen LogP contribution in [-0.2, 0) is 6.42 Å². The molecule has 0 bridgehead atoms. The summed E-state index contributed by atoms with van der Waals surface area (Å²) in [5, 5.41) is 35.7. The van der Waals surface area contributed by atoms with Crippen LogP contribution in [0, 0.1) is 6.92 Å². The Hall–Kier alpha value is -3.36. The van der Waals surface area contributed by atoms with Gasteiger partial charge in [0, 0.05) is 41.6 Å². The minimum atomic E-state index is -0.234. The van der Waals surface area contributed by atoms with Gasteiger partial charge in [-0.2, -0.15) is 0 Å². The predicted molar refractivity (Wildman–Crippen MR) is 133 cm³/mol. The third-order valence-corrected chi connectivity index (χ3v) is 5.38. The topological polar surface area (TPSA) is 117 Å². The third kappa shape index (κ3) is 4.58.